The van der Waals surface area contributed by atoms with Crippen LogP contribution in [0.3, 0.4) is 0 Å². The van der Waals surface area contributed by atoms with Gasteiger partial charge in [-0.25, -0.2) is 14.4 Å². The molecule has 18 nitrogen and oxygen atoms in total. The van der Waals surface area contributed by atoms with Crippen molar-refractivity contribution in [3.63, 3.8) is 0 Å². The first-order chi connectivity index (χ1) is 22.2. The molecule has 19 heteroatoms. The van der Waals surface area contributed by atoms with Crippen molar-refractivity contribution in [3.8, 4) is 5.75 Å². The predicted octanol–water partition coefficient (Wildman–Crippen LogP) is 4.56. The van der Waals surface area contributed by atoms with Crippen LogP contribution in [-0.4, -0.2) is 66.3 Å². The van der Waals surface area contributed by atoms with Crippen LogP contribution in [0.2, 0.25) is 0 Å². The van der Waals surface area contributed by atoms with E-state index in [-0.39, 0.29) is 68.1 Å². The fourth-order valence-electron chi connectivity index (χ4n) is 4.29. The number of nitrogens with one attached hydrogen (secondary N) is 2. The number of fused-ring (bicyclic) bond motifs is 1. The molecular formula is C28H20N8O10S. The van der Waals surface area contributed by atoms with Crippen LogP contribution in [0.25, 0.3) is 10.8 Å². The highest BCUT2D eigenvalue weighted by Gasteiger charge is 2.20. The second-order valence-electron chi connectivity index (χ2n) is 9.50. The Morgan fingerprint density at radius 1 is 0.745 bits per heavy atom. The van der Waals surface area contributed by atoms with E-state index in [0.29, 0.717) is 0 Å². The summed E-state index contributed by atoms with van der Waals surface area (Å²) >= 11 is 0. The molecule has 238 valence electrons. The first-order valence-corrected chi connectivity index (χ1v) is 14.3. The van der Waals surface area contributed by atoms with Gasteiger partial charge in [-0.2, -0.15) is 23.4 Å². The summed E-state index contributed by atoms with van der Waals surface area (Å²) < 4.78 is 33.9. The molecule has 0 bridgehead atoms. The zero-order chi connectivity index (χ0) is 34.0. The van der Waals surface area contributed by atoms with Crippen LogP contribution < -0.4 is 16.4 Å². The van der Waals surface area contributed by atoms with E-state index in [1.165, 1.54) is 36.4 Å². The highest BCUT2D eigenvalue weighted by atomic mass is 32.2. The van der Waals surface area contributed by atoms with Crippen molar-refractivity contribution in [2.24, 2.45) is 10.2 Å². The molecule has 0 amide bonds. The van der Waals surface area contributed by atoms with Crippen LogP contribution in [0.15, 0.2) is 81.9 Å². The van der Waals surface area contributed by atoms with E-state index in [2.05, 4.69) is 35.8 Å². The van der Waals surface area contributed by atoms with Gasteiger partial charge in [-0.1, -0.05) is 18.2 Å². The van der Waals surface area contributed by atoms with Crippen molar-refractivity contribution < 1.29 is 47.8 Å². The molecule has 0 aliphatic rings. The Morgan fingerprint density at radius 2 is 1.36 bits per heavy atom. The number of phenolic OH excluding ortho intramolecular Hbond substituents is 1. The van der Waals surface area contributed by atoms with Gasteiger partial charge >= 0.3 is 17.9 Å². The predicted molar refractivity (Wildman–Crippen MR) is 164 cm³/mol. The maximum Gasteiger partial charge on any atom is 0.337 e. The van der Waals surface area contributed by atoms with Gasteiger partial charge in [-0.15, -0.1) is 10.2 Å². The zero-order valence-corrected chi connectivity index (χ0v) is 24.2. The number of hydrogen-bond acceptors (Lipinski definition) is 14. The van der Waals surface area contributed by atoms with Gasteiger partial charge in [0.2, 0.25) is 17.8 Å². The molecule has 0 atom stereocenters. The number of aromatic hydroxyl groups is 1. The number of nitrogens with two attached hydrogens (primary N) is 1. The first-order valence-electron chi connectivity index (χ1n) is 12.9. The minimum absolute atomic E-state index is 0.00961. The van der Waals surface area contributed by atoms with E-state index in [1.807, 2.05) is 0 Å². The largest absolute Gasteiger partial charge is 0.505 e. The monoisotopic (exact) mass is 660 g/mol. The average molecular weight is 661 g/mol. The summed E-state index contributed by atoms with van der Waals surface area (Å²) in [6.45, 7) is 0. The number of nitrogen functional groups attached to an aromatic ring is 1. The van der Waals surface area contributed by atoms with Gasteiger partial charge in [0.25, 0.3) is 10.1 Å². The number of nitrogens with zero attached hydrogens (tertiary/aromatic N) is 5. The number of hydrogen-bond donors (Lipinski definition) is 8. The summed E-state index contributed by atoms with van der Waals surface area (Å²) in [5, 5.41) is 52.6. The molecule has 0 aliphatic heterocycles. The lowest BCUT2D eigenvalue weighted by Gasteiger charge is -2.14. The third kappa shape index (κ3) is 7.00. The molecular weight excluding hydrogens is 640 g/mol. The maximum atomic E-state index is 12.1. The molecule has 0 fully saturated rings. The van der Waals surface area contributed by atoms with Gasteiger partial charge in [0.05, 0.1) is 27.3 Å². The lowest BCUT2D eigenvalue weighted by Crippen LogP contribution is -2.09. The van der Waals surface area contributed by atoms with Gasteiger partial charge in [-0.05, 0) is 53.9 Å². The molecule has 0 unspecified atom stereocenters. The Kier molecular flexibility index (Phi) is 8.32. The zero-order valence-electron chi connectivity index (χ0n) is 23.3. The summed E-state index contributed by atoms with van der Waals surface area (Å²) in [4.78, 5) is 45.9. The molecule has 0 saturated carbocycles. The van der Waals surface area contributed by atoms with Crippen molar-refractivity contribution >= 4 is 79.4 Å². The minimum Gasteiger partial charge on any atom is -0.505 e. The van der Waals surface area contributed by atoms with Crippen LogP contribution in [0.4, 0.5) is 40.6 Å². The van der Waals surface area contributed by atoms with Gasteiger partial charge in [-0.3, -0.25) is 4.55 Å². The number of benzene rings is 4. The first kappa shape index (κ1) is 31.7. The minimum atomic E-state index is -4.78. The highest BCUT2D eigenvalue weighted by molar-refractivity contribution is 7.85. The average Bonchev–Trinajstić information content (AvgIpc) is 2.99. The number of phenols is 1. The quantitative estimate of drug-likeness (QED) is 0.0752. The van der Waals surface area contributed by atoms with E-state index >= 15 is 0 Å². The number of carboxylic acid groups (broad SMARTS) is 3. The van der Waals surface area contributed by atoms with Gasteiger partial charge < -0.3 is 36.8 Å². The van der Waals surface area contributed by atoms with Gasteiger partial charge in [0.1, 0.15) is 11.4 Å². The van der Waals surface area contributed by atoms with Crippen molar-refractivity contribution in [2.45, 2.75) is 4.90 Å². The molecule has 9 N–H and O–H groups in total. The summed E-state index contributed by atoms with van der Waals surface area (Å²) in [7, 11) is -4.78. The molecule has 1 aromatic heterocycles. The number of anilines is 5. The van der Waals surface area contributed by atoms with Crippen molar-refractivity contribution in [1.29, 1.82) is 0 Å². The molecule has 0 saturated heterocycles. The fraction of sp³-hybridized carbons (Fsp3) is 0. The number of aromatic nitrogens is 3. The fourth-order valence-corrected chi connectivity index (χ4v) is 4.83. The van der Waals surface area contributed by atoms with E-state index in [0.717, 1.165) is 30.3 Å². The lowest BCUT2D eigenvalue weighted by atomic mass is 10.1. The Hall–Kier alpha value is -6.73. The van der Waals surface area contributed by atoms with E-state index in [1.54, 1.807) is 0 Å². The molecule has 0 spiro atoms. The normalized spacial score (nSPS) is 11.4. The molecule has 1 heterocycles. The highest BCUT2D eigenvalue weighted by Crippen LogP contribution is 2.42. The lowest BCUT2D eigenvalue weighted by molar-refractivity contribution is 0.0682. The summed E-state index contributed by atoms with van der Waals surface area (Å²) in [5.74, 6) is -5.59. The van der Waals surface area contributed by atoms with Crippen LogP contribution in [0.1, 0.15) is 31.1 Å². The smallest absolute Gasteiger partial charge is 0.337 e. The Bertz CT molecular complexity index is 2230. The van der Waals surface area contributed by atoms with E-state index < -0.39 is 38.7 Å². The van der Waals surface area contributed by atoms with Gasteiger partial charge in [0.15, 0.2) is 5.75 Å². The summed E-state index contributed by atoms with van der Waals surface area (Å²) in [5.41, 5.74) is 4.62. The number of carboxylic acids is 3. The summed E-state index contributed by atoms with van der Waals surface area (Å²) in [6, 6.07) is 13.6. The van der Waals surface area contributed by atoms with E-state index in [4.69, 9.17) is 5.73 Å². The van der Waals surface area contributed by atoms with Crippen LogP contribution in [-0.2, 0) is 10.1 Å². The third-order valence-electron chi connectivity index (χ3n) is 6.32. The SMILES string of the molecule is Nc1nc(Nc2cc(C(=O)O)cc(C(=O)O)c2)nc(Nc2cc(S(=O)(=O)O)cc3ccc(/N=N/c4ccccc4C(=O)O)c(O)c23)n1. The number of azo groups is 1. The molecule has 4 aromatic carbocycles. The van der Waals surface area contributed by atoms with Crippen molar-refractivity contribution in [2.75, 3.05) is 16.4 Å². The molecule has 5 aromatic rings. The Labute approximate surface area is 262 Å². The van der Waals surface area contributed by atoms with E-state index in [9.17, 15) is 47.8 Å². The number of carbonyl (C=O) groups is 3. The Morgan fingerprint density at radius 3 is 1.98 bits per heavy atom. The summed E-state index contributed by atoms with van der Waals surface area (Å²) in [6.07, 6.45) is 0. The molecule has 47 heavy (non-hydrogen) atoms. The molecule has 0 aliphatic carbocycles. The van der Waals surface area contributed by atoms with Crippen molar-refractivity contribution in [3.05, 3.63) is 83.4 Å². The molecule has 0 radical (unpaired) electrons. The number of aromatic carboxylic acids is 3. The second kappa shape index (κ2) is 12.3. The Balaban J connectivity index is 1.59. The van der Waals surface area contributed by atoms with Gasteiger partial charge in [0, 0.05) is 11.1 Å². The number of rotatable bonds is 10. The molecule has 5 rings (SSSR count). The second-order valence-corrected chi connectivity index (χ2v) is 10.9. The van der Waals surface area contributed by atoms with Crippen molar-refractivity contribution in [1.82, 2.24) is 15.0 Å². The van der Waals surface area contributed by atoms with Crippen LogP contribution >= 0.6 is 0 Å². The third-order valence-corrected chi connectivity index (χ3v) is 7.15. The van der Waals surface area contributed by atoms with Crippen LogP contribution in [0, 0.1) is 0 Å². The maximum absolute atomic E-state index is 12.1. The topological polar surface area (TPSA) is 300 Å². The standard InChI is InChI=1S/C28H20N8O10S/c29-26-32-27(30-15-8-13(23(38)39)7-14(9-15)24(40)41)34-28(33-26)31-20-11-16(47(44,45)46)10-12-5-6-19(22(37)21(12)20)36-35-18-4-2-1-3-17(18)25(42)43/h1-11,37H,(H,38,39)(H,40,41)(H,42,43)(H,44,45,46)(H4,29,30,31,32,33,34)/b36-35+. The van der Waals surface area contributed by atoms with Crippen LogP contribution in [0.5, 0.6) is 5.75 Å².